The normalized spacial score (nSPS) is 16.3. The Bertz CT molecular complexity index is 632. The van der Waals surface area contributed by atoms with Gasteiger partial charge in [0.2, 0.25) is 0 Å². The molecule has 0 aromatic heterocycles. The van der Waals surface area contributed by atoms with Crippen LogP contribution in [0.3, 0.4) is 0 Å². The standard InChI is InChI=1S/C8H5F13O3S.C2H7N/c1-2(9)3(10,11)4(12,13)5(14,15)6(16,17)7(18,19)8(20,21)25(22,23)24;1-3-2/h2H,1H3,(H,22,23,24);3H,1-2H3. The van der Waals surface area contributed by atoms with Crippen molar-refractivity contribution in [2.24, 2.45) is 0 Å². The van der Waals surface area contributed by atoms with E-state index in [0.29, 0.717) is 0 Å². The highest BCUT2D eigenvalue weighted by molar-refractivity contribution is 7.87. The molecule has 1 atom stereocenters. The van der Waals surface area contributed by atoms with Crippen molar-refractivity contribution in [3.05, 3.63) is 0 Å². The highest BCUT2D eigenvalue weighted by atomic mass is 32.2. The van der Waals surface area contributed by atoms with Crippen LogP contribution >= 0.6 is 0 Å². The maximum absolute atomic E-state index is 13.0. The summed E-state index contributed by atoms with van der Waals surface area (Å²) < 4.78 is 195. The van der Waals surface area contributed by atoms with E-state index in [2.05, 4.69) is 5.32 Å². The molecule has 0 aromatic carbocycles. The van der Waals surface area contributed by atoms with Crippen LogP contribution in [-0.4, -0.2) is 68.1 Å². The number of hydrogen-bond acceptors (Lipinski definition) is 3. The molecule has 0 bridgehead atoms. The lowest BCUT2D eigenvalue weighted by Gasteiger charge is -2.40. The van der Waals surface area contributed by atoms with Gasteiger partial charge < -0.3 is 5.32 Å². The van der Waals surface area contributed by atoms with E-state index in [1.165, 1.54) is 0 Å². The summed E-state index contributed by atoms with van der Waals surface area (Å²) in [6.45, 7) is -0.562. The summed E-state index contributed by atoms with van der Waals surface area (Å²) in [5, 5.41) is -4.75. The average Bonchev–Trinajstić information content (AvgIpc) is 2.45. The molecule has 0 aliphatic rings. The molecule has 2 N–H and O–H groups in total. The van der Waals surface area contributed by atoms with Gasteiger partial charge in [-0.15, -0.1) is 0 Å². The zero-order chi connectivity index (χ0) is 23.8. The number of rotatable bonds is 7. The average molecular weight is 473 g/mol. The van der Waals surface area contributed by atoms with Crippen LogP contribution in [-0.2, 0) is 10.1 Å². The first-order chi connectivity index (χ1) is 11.9. The van der Waals surface area contributed by atoms with Gasteiger partial charge in [0.05, 0.1) is 0 Å². The molecular weight excluding hydrogens is 461 g/mol. The van der Waals surface area contributed by atoms with Crippen LogP contribution in [0.15, 0.2) is 0 Å². The molecule has 0 fully saturated rings. The van der Waals surface area contributed by atoms with Crippen LogP contribution in [0.5, 0.6) is 0 Å². The van der Waals surface area contributed by atoms with Gasteiger partial charge in [0.1, 0.15) is 0 Å². The second-order valence-corrected chi connectivity index (χ2v) is 6.49. The summed E-state index contributed by atoms with van der Waals surface area (Å²) in [4.78, 5) is 0. The molecule has 0 aliphatic carbocycles. The van der Waals surface area contributed by atoms with E-state index in [9.17, 15) is 65.5 Å². The predicted molar refractivity (Wildman–Crippen MR) is 66.8 cm³/mol. The van der Waals surface area contributed by atoms with Crippen molar-refractivity contribution in [2.45, 2.75) is 48.0 Å². The Labute approximate surface area is 148 Å². The smallest absolute Gasteiger partial charge is 0.323 e. The van der Waals surface area contributed by atoms with Crippen molar-refractivity contribution in [2.75, 3.05) is 14.1 Å². The molecule has 0 spiro atoms. The molecule has 0 heterocycles. The fraction of sp³-hybridized carbons (Fsp3) is 1.00. The molecule has 0 saturated heterocycles. The van der Waals surface area contributed by atoms with Crippen LogP contribution in [0.4, 0.5) is 57.1 Å². The zero-order valence-corrected chi connectivity index (χ0v) is 14.5. The van der Waals surface area contributed by atoms with E-state index in [1.807, 2.05) is 14.1 Å². The molecule has 172 valence electrons. The first-order valence-corrected chi connectivity index (χ1v) is 7.76. The highest BCUT2D eigenvalue weighted by Crippen LogP contribution is 2.61. The van der Waals surface area contributed by atoms with Crippen LogP contribution in [0.25, 0.3) is 0 Å². The third-order valence-corrected chi connectivity index (χ3v) is 3.70. The van der Waals surface area contributed by atoms with Crippen LogP contribution in [0, 0.1) is 0 Å². The van der Waals surface area contributed by atoms with Gasteiger partial charge in [-0.05, 0) is 21.0 Å². The lowest BCUT2D eigenvalue weighted by Crippen LogP contribution is -2.72. The minimum Gasteiger partial charge on any atom is -0.323 e. The lowest BCUT2D eigenvalue weighted by atomic mass is 9.92. The largest absolute Gasteiger partial charge is 0.438 e. The summed E-state index contributed by atoms with van der Waals surface area (Å²) in [6, 6.07) is 0. The van der Waals surface area contributed by atoms with E-state index in [-0.39, 0.29) is 0 Å². The second-order valence-electron chi connectivity index (χ2n) is 5.03. The Morgan fingerprint density at radius 1 is 0.714 bits per heavy atom. The first-order valence-electron chi connectivity index (χ1n) is 6.32. The fourth-order valence-electron chi connectivity index (χ4n) is 1.20. The lowest BCUT2D eigenvalue weighted by molar-refractivity contribution is -0.421. The quantitative estimate of drug-likeness (QED) is 0.436. The first kappa shape index (κ1) is 29.2. The minimum atomic E-state index is -8.19. The van der Waals surface area contributed by atoms with E-state index in [4.69, 9.17) is 4.55 Å². The number of nitrogens with one attached hydrogen (secondary N) is 1. The Balaban J connectivity index is 0. The number of halogens is 13. The SMILES string of the molecule is CC(F)C(F)(F)C(F)(F)C(F)(F)C(F)(F)C(F)(F)C(F)(F)S(=O)(=O)O.CNC. The Hall–Kier alpha value is -1.04. The maximum atomic E-state index is 13.0. The maximum Gasteiger partial charge on any atom is 0.438 e. The summed E-state index contributed by atoms with van der Waals surface area (Å²) in [7, 11) is -3.85. The van der Waals surface area contributed by atoms with Crippen LogP contribution in [0.1, 0.15) is 6.92 Å². The van der Waals surface area contributed by atoms with Crippen molar-refractivity contribution in [1.29, 1.82) is 0 Å². The monoisotopic (exact) mass is 473 g/mol. The molecule has 0 rings (SSSR count). The topological polar surface area (TPSA) is 66.4 Å². The number of hydrogen-bond donors (Lipinski definition) is 2. The third-order valence-electron chi connectivity index (χ3n) is 2.79. The molecule has 1 unspecified atom stereocenters. The van der Waals surface area contributed by atoms with Gasteiger partial charge in [0.15, 0.2) is 6.17 Å². The van der Waals surface area contributed by atoms with E-state index in [0.717, 1.165) is 0 Å². The van der Waals surface area contributed by atoms with Gasteiger partial charge in [-0.2, -0.15) is 61.1 Å². The van der Waals surface area contributed by atoms with Gasteiger partial charge in [-0.1, -0.05) is 0 Å². The van der Waals surface area contributed by atoms with Gasteiger partial charge in [-0.25, -0.2) is 4.39 Å². The molecule has 18 heteroatoms. The third kappa shape index (κ3) is 4.12. The Morgan fingerprint density at radius 2 is 0.964 bits per heavy atom. The Morgan fingerprint density at radius 3 is 1.18 bits per heavy atom. The van der Waals surface area contributed by atoms with Crippen molar-refractivity contribution in [3.63, 3.8) is 0 Å². The second kappa shape index (κ2) is 8.00. The van der Waals surface area contributed by atoms with Crippen LogP contribution < -0.4 is 5.32 Å². The van der Waals surface area contributed by atoms with Gasteiger partial charge >= 0.3 is 45.0 Å². The Kier molecular flexibility index (Phi) is 8.33. The van der Waals surface area contributed by atoms with Crippen molar-refractivity contribution in [3.8, 4) is 0 Å². The number of alkyl halides is 13. The van der Waals surface area contributed by atoms with Gasteiger partial charge in [0.25, 0.3) is 0 Å². The molecule has 0 aromatic rings. The van der Waals surface area contributed by atoms with Crippen molar-refractivity contribution in [1.82, 2.24) is 5.32 Å². The predicted octanol–water partition coefficient (Wildman–Crippen LogP) is 3.84. The van der Waals surface area contributed by atoms with Crippen LogP contribution in [0.2, 0.25) is 0 Å². The molecule has 0 amide bonds. The van der Waals surface area contributed by atoms with E-state index < -0.39 is 58.1 Å². The molecule has 0 aliphatic heterocycles. The molecular formula is C10H12F13NO3S. The van der Waals surface area contributed by atoms with Crippen molar-refractivity contribution >= 4 is 10.1 Å². The summed E-state index contributed by atoms with van der Waals surface area (Å²) in [6.07, 6.45) is -4.35. The minimum absolute atomic E-state index is 0.562. The summed E-state index contributed by atoms with van der Waals surface area (Å²) >= 11 is 0. The summed E-state index contributed by atoms with van der Waals surface area (Å²) in [5.74, 6) is -38.8. The molecule has 4 nitrogen and oxygen atoms in total. The highest BCUT2D eigenvalue weighted by Gasteiger charge is 2.92. The molecule has 0 saturated carbocycles. The fourth-order valence-corrected chi connectivity index (χ4v) is 1.65. The van der Waals surface area contributed by atoms with Crippen molar-refractivity contribution < 1.29 is 70.0 Å². The van der Waals surface area contributed by atoms with Gasteiger partial charge in [0, 0.05) is 0 Å². The summed E-state index contributed by atoms with van der Waals surface area (Å²) in [5.41, 5.74) is 0. The van der Waals surface area contributed by atoms with Gasteiger partial charge in [-0.3, -0.25) is 4.55 Å². The van der Waals surface area contributed by atoms with E-state index >= 15 is 0 Å². The zero-order valence-electron chi connectivity index (χ0n) is 13.7. The molecule has 0 radical (unpaired) electrons. The molecule has 28 heavy (non-hydrogen) atoms. The van der Waals surface area contributed by atoms with E-state index in [1.54, 1.807) is 0 Å².